The highest BCUT2D eigenvalue weighted by molar-refractivity contribution is 5.25. The van der Waals surface area contributed by atoms with Crippen LogP contribution in [0.2, 0.25) is 0 Å². The quantitative estimate of drug-likeness (QED) is 0.747. The Morgan fingerprint density at radius 1 is 1.44 bits per heavy atom. The molecule has 1 aromatic rings. The average molecular weight is 221 g/mol. The van der Waals surface area contributed by atoms with Gasteiger partial charge in [0.2, 0.25) is 5.95 Å². The van der Waals surface area contributed by atoms with Gasteiger partial charge < -0.3 is 9.88 Å². The number of nitrogens with zero attached hydrogens (tertiary/aromatic N) is 2. The van der Waals surface area contributed by atoms with Crippen LogP contribution in [-0.4, -0.2) is 16.1 Å². The molecule has 1 aromatic heterocycles. The van der Waals surface area contributed by atoms with Gasteiger partial charge in [0.1, 0.15) is 0 Å². The molecule has 90 valence electrons. The molecule has 0 amide bonds. The molecule has 0 atom stereocenters. The second-order valence-electron chi connectivity index (χ2n) is 4.76. The van der Waals surface area contributed by atoms with Gasteiger partial charge in [-0.25, -0.2) is 4.98 Å². The lowest BCUT2D eigenvalue weighted by Crippen LogP contribution is -2.09. The molecule has 1 saturated carbocycles. The summed E-state index contributed by atoms with van der Waals surface area (Å²) in [6.07, 6.45) is 12.4. The van der Waals surface area contributed by atoms with Crippen LogP contribution in [0.1, 0.15) is 45.4 Å². The first kappa shape index (κ1) is 11.5. The van der Waals surface area contributed by atoms with Crippen LogP contribution < -0.4 is 5.32 Å². The van der Waals surface area contributed by atoms with Gasteiger partial charge in [-0.3, -0.25) is 0 Å². The van der Waals surface area contributed by atoms with Crippen molar-refractivity contribution < 1.29 is 0 Å². The minimum absolute atomic E-state index is 0.991. The highest BCUT2D eigenvalue weighted by atomic mass is 15.2. The van der Waals surface area contributed by atoms with Crippen molar-refractivity contribution in [3.05, 3.63) is 12.4 Å². The molecule has 2 rings (SSSR count). The summed E-state index contributed by atoms with van der Waals surface area (Å²) in [5.74, 6) is 2.03. The van der Waals surface area contributed by atoms with Gasteiger partial charge in [0.25, 0.3) is 0 Å². The minimum atomic E-state index is 0.991. The molecule has 0 saturated heterocycles. The van der Waals surface area contributed by atoms with E-state index in [-0.39, 0.29) is 0 Å². The van der Waals surface area contributed by atoms with Crippen molar-refractivity contribution in [1.29, 1.82) is 0 Å². The smallest absolute Gasteiger partial charge is 0.202 e. The normalized spacial score (nSPS) is 16.8. The summed E-state index contributed by atoms with van der Waals surface area (Å²) in [6, 6.07) is 0. The van der Waals surface area contributed by atoms with Crippen LogP contribution in [0.3, 0.4) is 0 Å². The molecule has 0 radical (unpaired) electrons. The first-order valence-electron chi connectivity index (χ1n) is 6.65. The third-order valence-corrected chi connectivity index (χ3v) is 3.60. The van der Waals surface area contributed by atoms with Gasteiger partial charge in [0.05, 0.1) is 0 Å². The summed E-state index contributed by atoms with van der Waals surface area (Å²) in [5.41, 5.74) is 0. The summed E-state index contributed by atoms with van der Waals surface area (Å²) in [5, 5.41) is 3.42. The molecule has 0 aliphatic heterocycles. The van der Waals surface area contributed by atoms with Crippen molar-refractivity contribution >= 4 is 5.95 Å². The largest absolute Gasteiger partial charge is 0.356 e. The number of aromatic nitrogens is 2. The van der Waals surface area contributed by atoms with Crippen molar-refractivity contribution in [1.82, 2.24) is 9.55 Å². The molecule has 1 aliphatic rings. The molecule has 3 heteroatoms. The fourth-order valence-corrected chi connectivity index (χ4v) is 2.62. The van der Waals surface area contributed by atoms with E-state index in [2.05, 4.69) is 21.8 Å². The highest BCUT2D eigenvalue weighted by Gasteiger charge is 2.13. The zero-order chi connectivity index (χ0) is 11.2. The summed E-state index contributed by atoms with van der Waals surface area (Å²) in [4.78, 5) is 4.31. The number of hydrogen-bond acceptors (Lipinski definition) is 2. The maximum absolute atomic E-state index is 4.31. The molecular formula is C13H23N3. The lowest BCUT2D eigenvalue weighted by Gasteiger charge is -2.10. The maximum Gasteiger partial charge on any atom is 0.202 e. The summed E-state index contributed by atoms with van der Waals surface area (Å²) in [7, 11) is 0. The lowest BCUT2D eigenvalue weighted by molar-refractivity contribution is 0.490. The fourth-order valence-electron chi connectivity index (χ4n) is 2.62. The standard InChI is InChI=1S/C13H23N3/c1-2-16-11-10-15-13(16)14-9-5-8-12-6-3-4-7-12/h10-12H,2-9H2,1H3,(H,14,15). The molecule has 16 heavy (non-hydrogen) atoms. The van der Waals surface area contributed by atoms with E-state index in [1.54, 1.807) is 0 Å². The summed E-state index contributed by atoms with van der Waals surface area (Å²) >= 11 is 0. The second-order valence-corrected chi connectivity index (χ2v) is 4.76. The number of anilines is 1. The Bertz CT molecular complexity index is 300. The van der Waals surface area contributed by atoms with Crippen molar-refractivity contribution in [2.24, 2.45) is 5.92 Å². The van der Waals surface area contributed by atoms with E-state index in [4.69, 9.17) is 0 Å². The predicted octanol–water partition coefficient (Wildman–Crippen LogP) is 3.29. The van der Waals surface area contributed by atoms with Crippen LogP contribution in [0.15, 0.2) is 12.4 Å². The first-order chi connectivity index (χ1) is 7.90. The van der Waals surface area contributed by atoms with Gasteiger partial charge in [-0.15, -0.1) is 0 Å². The van der Waals surface area contributed by atoms with E-state index in [0.29, 0.717) is 0 Å². The van der Waals surface area contributed by atoms with Crippen molar-refractivity contribution in [3.63, 3.8) is 0 Å². The molecule has 0 spiro atoms. The van der Waals surface area contributed by atoms with E-state index >= 15 is 0 Å². The van der Waals surface area contributed by atoms with E-state index < -0.39 is 0 Å². The van der Waals surface area contributed by atoms with E-state index in [9.17, 15) is 0 Å². The molecule has 1 heterocycles. The number of rotatable bonds is 6. The SMILES string of the molecule is CCn1ccnc1NCCCC1CCCC1. The van der Waals surface area contributed by atoms with E-state index in [1.165, 1.54) is 38.5 Å². The fraction of sp³-hybridized carbons (Fsp3) is 0.769. The minimum Gasteiger partial charge on any atom is -0.356 e. The Labute approximate surface area is 98.3 Å². The Morgan fingerprint density at radius 3 is 3.00 bits per heavy atom. The molecule has 1 fully saturated rings. The molecular weight excluding hydrogens is 198 g/mol. The van der Waals surface area contributed by atoms with Gasteiger partial charge >= 0.3 is 0 Å². The van der Waals surface area contributed by atoms with Crippen LogP contribution in [0.4, 0.5) is 5.95 Å². The van der Waals surface area contributed by atoms with Crippen LogP contribution in [0, 0.1) is 5.92 Å². The van der Waals surface area contributed by atoms with Crippen molar-refractivity contribution in [3.8, 4) is 0 Å². The van der Waals surface area contributed by atoms with Gasteiger partial charge in [-0.05, 0) is 25.7 Å². The first-order valence-corrected chi connectivity index (χ1v) is 6.65. The van der Waals surface area contributed by atoms with E-state index in [0.717, 1.165) is 25.0 Å². The Morgan fingerprint density at radius 2 is 2.25 bits per heavy atom. The van der Waals surface area contributed by atoms with Gasteiger partial charge in [0, 0.05) is 25.5 Å². The third-order valence-electron chi connectivity index (χ3n) is 3.60. The van der Waals surface area contributed by atoms with Gasteiger partial charge in [-0.1, -0.05) is 25.7 Å². The van der Waals surface area contributed by atoms with Gasteiger partial charge in [0.15, 0.2) is 0 Å². The highest BCUT2D eigenvalue weighted by Crippen LogP contribution is 2.28. The summed E-state index contributed by atoms with van der Waals surface area (Å²) in [6.45, 7) is 4.20. The van der Waals surface area contributed by atoms with Crippen LogP contribution >= 0.6 is 0 Å². The summed E-state index contributed by atoms with van der Waals surface area (Å²) < 4.78 is 2.15. The zero-order valence-corrected chi connectivity index (χ0v) is 10.3. The number of nitrogens with one attached hydrogen (secondary N) is 1. The number of imidazole rings is 1. The Balaban J connectivity index is 1.64. The maximum atomic E-state index is 4.31. The third kappa shape index (κ3) is 3.00. The van der Waals surface area contributed by atoms with Crippen LogP contribution in [0.5, 0.6) is 0 Å². The average Bonchev–Trinajstić information content (AvgIpc) is 2.95. The van der Waals surface area contributed by atoms with Crippen LogP contribution in [-0.2, 0) is 6.54 Å². The van der Waals surface area contributed by atoms with Crippen molar-refractivity contribution in [2.75, 3.05) is 11.9 Å². The zero-order valence-electron chi connectivity index (χ0n) is 10.3. The molecule has 3 nitrogen and oxygen atoms in total. The molecule has 1 aliphatic carbocycles. The topological polar surface area (TPSA) is 29.9 Å². The second kappa shape index (κ2) is 5.92. The monoisotopic (exact) mass is 221 g/mol. The molecule has 0 unspecified atom stereocenters. The lowest BCUT2D eigenvalue weighted by atomic mass is 10.0. The Kier molecular flexibility index (Phi) is 4.25. The number of hydrogen-bond donors (Lipinski definition) is 1. The van der Waals surface area contributed by atoms with E-state index in [1.807, 2.05) is 12.4 Å². The van der Waals surface area contributed by atoms with Crippen LogP contribution in [0.25, 0.3) is 0 Å². The molecule has 0 aromatic carbocycles. The van der Waals surface area contributed by atoms with Gasteiger partial charge in [-0.2, -0.15) is 0 Å². The predicted molar refractivity (Wildman–Crippen MR) is 67.6 cm³/mol. The molecule has 1 N–H and O–H groups in total. The number of aryl methyl sites for hydroxylation is 1. The Hall–Kier alpha value is -0.990. The molecule has 0 bridgehead atoms. The van der Waals surface area contributed by atoms with Crippen molar-refractivity contribution in [2.45, 2.75) is 52.0 Å².